The molecular weight excluding hydrogens is 390 g/mol. The molecule has 6 heteroatoms. The van der Waals surface area contributed by atoms with Crippen LogP contribution in [0.15, 0.2) is 64.4 Å². The van der Waals surface area contributed by atoms with E-state index in [-0.39, 0.29) is 10.2 Å². The monoisotopic (exact) mass is 419 g/mol. The van der Waals surface area contributed by atoms with Crippen molar-refractivity contribution in [1.82, 2.24) is 4.72 Å². The van der Waals surface area contributed by atoms with Crippen LogP contribution in [0.2, 0.25) is 0 Å². The van der Waals surface area contributed by atoms with Gasteiger partial charge in [0.25, 0.3) is 0 Å². The maximum atomic E-state index is 12.9. The molecule has 1 heterocycles. The second-order valence-corrected chi connectivity index (χ2v) is 11.6. The summed E-state index contributed by atoms with van der Waals surface area (Å²) in [5, 5.41) is 0. The molecule has 0 spiro atoms. The molecule has 4 nitrogen and oxygen atoms in total. The number of hydrogen-bond acceptors (Lipinski definition) is 4. The fraction of sp³-hybridized carbons (Fsp3) is 0.455. The molecule has 1 fully saturated rings. The number of thioether (sulfide) groups is 1. The van der Waals surface area contributed by atoms with Crippen molar-refractivity contribution >= 4 is 21.8 Å². The van der Waals surface area contributed by atoms with Gasteiger partial charge in [0, 0.05) is 29.4 Å². The van der Waals surface area contributed by atoms with E-state index in [4.69, 9.17) is 4.74 Å². The normalized spacial score (nSPS) is 17.4. The highest BCUT2D eigenvalue weighted by molar-refractivity contribution is 8.00. The first-order chi connectivity index (χ1) is 13.2. The lowest BCUT2D eigenvalue weighted by Crippen LogP contribution is -2.44. The lowest BCUT2D eigenvalue weighted by Gasteiger charge is -2.36. The van der Waals surface area contributed by atoms with Gasteiger partial charge in [-0.15, -0.1) is 11.8 Å². The largest absolute Gasteiger partial charge is 0.381 e. The van der Waals surface area contributed by atoms with E-state index >= 15 is 0 Å². The summed E-state index contributed by atoms with van der Waals surface area (Å²) >= 11 is 1.75. The number of nitrogens with one attached hydrogen (secondary N) is 1. The molecule has 0 bridgehead atoms. The Morgan fingerprint density at radius 2 is 1.61 bits per heavy atom. The van der Waals surface area contributed by atoms with Crippen LogP contribution in [-0.4, -0.2) is 32.9 Å². The SMILES string of the molecule is CC(C)(C)c1ccc(S(=O)(=O)NCC2(Sc3ccccc3)CCOCC2)cc1. The van der Waals surface area contributed by atoms with Crippen molar-refractivity contribution in [3.63, 3.8) is 0 Å². The van der Waals surface area contributed by atoms with Gasteiger partial charge in [-0.25, -0.2) is 13.1 Å². The molecular formula is C22H29NO3S2. The van der Waals surface area contributed by atoms with Gasteiger partial charge in [0.15, 0.2) is 0 Å². The second-order valence-electron chi connectivity index (χ2n) is 8.31. The zero-order valence-corrected chi connectivity index (χ0v) is 18.4. The van der Waals surface area contributed by atoms with Gasteiger partial charge >= 0.3 is 0 Å². The predicted octanol–water partition coefficient (Wildman–Crippen LogP) is 4.60. The van der Waals surface area contributed by atoms with Crippen LogP contribution in [0.1, 0.15) is 39.2 Å². The van der Waals surface area contributed by atoms with E-state index in [0.717, 1.165) is 23.3 Å². The van der Waals surface area contributed by atoms with Crippen LogP contribution in [0.25, 0.3) is 0 Å². The number of ether oxygens (including phenoxy) is 1. The molecule has 0 amide bonds. The van der Waals surface area contributed by atoms with Gasteiger partial charge in [-0.1, -0.05) is 51.1 Å². The molecule has 2 aromatic rings. The molecule has 1 aliphatic rings. The molecule has 0 saturated carbocycles. The molecule has 28 heavy (non-hydrogen) atoms. The minimum absolute atomic E-state index is 0.00575. The first kappa shape index (κ1) is 21.4. The molecule has 0 aromatic heterocycles. The van der Waals surface area contributed by atoms with Crippen LogP contribution >= 0.6 is 11.8 Å². The number of hydrogen-bond donors (Lipinski definition) is 1. The first-order valence-corrected chi connectivity index (χ1v) is 11.9. The van der Waals surface area contributed by atoms with Crippen molar-refractivity contribution in [3.05, 3.63) is 60.2 Å². The van der Waals surface area contributed by atoms with Crippen LogP contribution in [0, 0.1) is 0 Å². The first-order valence-electron chi connectivity index (χ1n) is 9.62. The van der Waals surface area contributed by atoms with E-state index in [1.807, 2.05) is 30.3 Å². The zero-order chi connectivity index (χ0) is 20.3. The van der Waals surface area contributed by atoms with Crippen molar-refractivity contribution in [2.24, 2.45) is 0 Å². The third-order valence-electron chi connectivity index (χ3n) is 5.10. The Kier molecular flexibility index (Phi) is 6.54. The highest BCUT2D eigenvalue weighted by Gasteiger charge is 2.35. The number of sulfonamides is 1. The highest BCUT2D eigenvalue weighted by Crippen LogP contribution is 2.40. The molecule has 0 unspecified atom stereocenters. The van der Waals surface area contributed by atoms with Crippen molar-refractivity contribution < 1.29 is 13.2 Å². The second kappa shape index (κ2) is 8.57. The van der Waals surface area contributed by atoms with Crippen LogP contribution < -0.4 is 4.72 Å². The molecule has 152 valence electrons. The summed E-state index contributed by atoms with van der Waals surface area (Å²) < 4.78 is 34.0. The topological polar surface area (TPSA) is 55.4 Å². The minimum Gasteiger partial charge on any atom is -0.381 e. The molecule has 0 radical (unpaired) electrons. The van der Waals surface area contributed by atoms with E-state index in [1.54, 1.807) is 23.9 Å². The Morgan fingerprint density at radius 3 is 2.18 bits per heavy atom. The quantitative estimate of drug-likeness (QED) is 0.743. The fourth-order valence-electron chi connectivity index (χ4n) is 3.24. The molecule has 1 aliphatic heterocycles. The van der Waals surface area contributed by atoms with Crippen molar-refractivity contribution in [1.29, 1.82) is 0 Å². The lowest BCUT2D eigenvalue weighted by molar-refractivity contribution is 0.0784. The maximum absolute atomic E-state index is 12.9. The lowest BCUT2D eigenvalue weighted by atomic mass is 9.87. The van der Waals surface area contributed by atoms with E-state index in [2.05, 4.69) is 37.6 Å². The zero-order valence-electron chi connectivity index (χ0n) is 16.8. The Morgan fingerprint density at radius 1 is 1.00 bits per heavy atom. The predicted molar refractivity (Wildman–Crippen MR) is 115 cm³/mol. The van der Waals surface area contributed by atoms with Gasteiger partial charge in [0.05, 0.1) is 4.90 Å². The molecule has 3 rings (SSSR count). The summed E-state index contributed by atoms with van der Waals surface area (Å²) in [6.07, 6.45) is 1.64. The molecule has 0 atom stereocenters. The summed E-state index contributed by atoms with van der Waals surface area (Å²) in [5.74, 6) is 0. The van der Waals surface area contributed by atoms with Crippen molar-refractivity contribution in [2.45, 2.75) is 53.6 Å². The molecule has 0 aliphatic carbocycles. The molecule has 1 N–H and O–H groups in total. The standard InChI is InChI=1S/C22H29NO3S2/c1-21(2,3)18-9-11-20(12-10-18)28(24,25)23-17-22(13-15-26-16-14-22)27-19-7-5-4-6-8-19/h4-12,23H,13-17H2,1-3H3. The number of rotatable bonds is 6. The summed E-state index contributed by atoms with van der Waals surface area (Å²) in [5.41, 5.74) is 1.11. The number of benzene rings is 2. The van der Waals surface area contributed by atoms with E-state index < -0.39 is 10.0 Å². The third-order valence-corrected chi connectivity index (χ3v) is 8.01. The van der Waals surface area contributed by atoms with Gasteiger partial charge in [-0.2, -0.15) is 0 Å². The average Bonchev–Trinajstić information content (AvgIpc) is 2.68. The van der Waals surface area contributed by atoms with E-state index in [0.29, 0.717) is 24.7 Å². The Labute approximate surface area is 173 Å². The van der Waals surface area contributed by atoms with Gasteiger partial charge in [-0.3, -0.25) is 0 Å². The van der Waals surface area contributed by atoms with Crippen molar-refractivity contribution in [2.75, 3.05) is 19.8 Å². The summed E-state index contributed by atoms with van der Waals surface area (Å²) in [7, 11) is -3.56. The van der Waals surface area contributed by atoms with E-state index in [9.17, 15) is 8.42 Å². The Hall–Kier alpha value is -1.34. The van der Waals surface area contributed by atoms with Crippen LogP contribution in [0.5, 0.6) is 0 Å². The van der Waals surface area contributed by atoms with Gasteiger partial charge < -0.3 is 4.74 Å². The maximum Gasteiger partial charge on any atom is 0.240 e. The Balaban J connectivity index is 1.74. The molecule has 1 saturated heterocycles. The summed E-state index contributed by atoms with van der Waals surface area (Å²) in [6.45, 7) is 8.04. The smallest absolute Gasteiger partial charge is 0.240 e. The third kappa shape index (κ3) is 5.38. The minimum atomic E-state index is -3.56. The van der Waals surface area contributed by atoms with Gasteiger partial charge in [-0.05, 0) is 48.1 Å². The van der Waals surface area contributed by atoms with Gasteiger partial charge in [0.2, 0.25) is 10.0 Å². The van der Waals surface area contributed by atoms with Crippen LogP contribution in [0.4, 0.5) is 0 Å². The summed E-state index contributed by atoms with van der Waals surface area (Å²) in [6, 6.07) is 17.4. The summed E-state index contributed by atoms with van der Waals surface area (Å²) in [4.78, 5) is 1.46. The van der Waals surface area contributed by atoms with E-state index in [1.165, 1.54) is 0 Å². The highest BCUT2D eigenvalue weighted by atomic mass is 32.2. The van der Waals surface area contributed by atoms with Crippen LogP contribution in [-0.2, 0) is 20.2 Å². The van der Waals surface area contributed by atoms with Crippen LogP contribution in [0.3, 0.4) is 0 Å². The van der Waals surface area contributed by atoms with Crippen molar-refractivity contribution in [3.8, 4) is 0 Å². The molecule has 2 aromatic carbocycles. The Bertz CT molecular complexity index is 866. The average molecular weight is 420 g/mol. The fourth-order valence-corrected chi connectivity index (χ4v) is 5.77. The van der Waals surface area contributed by atoms with Gasteiger partial charge in [0.1, 0.15) is 0 Å².